The van der Waals surface area contributed by atoms with Gasteiger partial charge in [0.15, 0.2) is 0 Å². The van der Waals surface area contributed by atoms with Gasteiger partial charge in [0.05, 0.1) is 11.6 Å². The first-order chi connectivity index (χ1) is 15.2. The van der Waals surface area contributed by atoms with E-state index in [1.807, 2.05) is 0 Å². The molecule has 0 spiro atoms. The van der Waals surface area contributed by atoms with Crippen LogP contribution in [0, 0.1) is 0 Å². The van der Waals surface area contributed by atoms with E-state index in [0.29, 0.717) is 22.3 Å². The van der Waals surface area contributed by atoms with Crippen molar-refractivity contribution in [3.05, 3.63) is 70.6 Å². The molecule has 1 aliphatic carbocycles. The molecular formula is C23H21ClF3N3O2. The predicted molar refractivity (Wildman–Crippen MR) is 113 cm³/mol. The molecule has 0 N–H and O–H groups in total. The molecule has 1 fully saturated rings. The summed E-state index contributed by atoms with van der Waals surface area (Å²) in [6.07, 6.45) is -2.36. The van der Waals surface area contributed by atoms with Gasteiger partial charge in [-0.25, -0.2) is 0 Å². The summed E-state index contributed by atoms with van der Waals surface area (Å²) in [5.41, 5.74) is 0.488. The van der Waals surface area contributed by atoms with E-state index in [0.717, 1.165) is 30.5 Å². The van der Waals surface area contributed by atoms with Crippen LogP contribution in [0.25, 0.3) is 11.4 Å². The number of rotatable bonds is 7. The first kappa shape index (κ1) is 22.3. The van der Waals surface area contributed by atoms with Crippen molar-refractivity contribution in [3.63, 3.8) is 0 Å². The predicted octanol–water partition coefficient (Wildman–Crippen LogP) is 6.09. The molecule has 0 bridgehead atoms. The number of aryl methyl sites for hydroxylation is 1. The Labute approximate surface area is 188 Å². The molecule has 1 saturated carbocycles. The first-order valence-electron chi connectivity index (χ1n) is 10.3. The van der Waals surface area contributed by atoms with Gasteiger partial charge in [-0.2, -0.15) is 18.2 Å². The third-order valence-corrected chi connectivity index (χ3v) is 5.72. The van der Waals surface area contributed by atoms with Crippen molar-refractivity contribution < 1.29 is 22.5 Å². The second-order valence-electron chi connectivity index (χ2n) is 7.85. The molecule has 3 aromatic rings. The molecule has 5 nitrogen and oxygen atoms in total. The standard InChI is InChI=1S/C23H21ClF3N3O2/c1-14(16-3-2-4-17(13-16)23(25,26)27)30(19-9-10-19)21(31)12-11-20-28-22(29-32-20)15-5-7-18(24)8-6-15/h2-8,13-14,19H,9-12H2,1H3. The molecule has 1 aromatic heterocycles. The van der Waals surface area contributed by atoms with Crippen molar-refractivity contribution in [1.29, 1.82) is 0 Å². The Bertz CT molecular complexity index is 1090. The summed E-state index contributed by atoms with van der Waals surface area (Å²) in [5.74, 6) is 0.579. The second-order valence-corrected chi connectivity index (χ2v) is 8.29. The first-order valence-corrected chi connectivity index (χ1v) is 10.7. The van der Waals surface area contributed by atoms with Crippen molar-refractivity contribution in [2.75, 3.05) is 0 Å². The van der Waals surface area contributed by atoms with E-state index in [1.54, 1.807) is 42.2 Å². The molecule has 1 unspecified atom stereocenters. The van der Waals surface area contributed by atoms with Crippen molar-refractivity contribution in [2.24, 2.45) is 0 Å². The van der Waals surface area contributed by atoms with Gasteiger partial charge in [-0.3, -0.25) is 4.79 Å². The summed E-state index contributed by atoms with van der Waals surface area (Å²) >= 11 is 5.89. The molecule has 1 amide bonds. The lowest BCUT2D eigenvalue weighted by atomic mass is 10.0. The van der Waals surface area contributed by atoms with Crippen LogP contribution in [0.3, 0.4) is 0 Å². The monoisotopic (exact) mass is 463 g/mol. The normalized spacial score (nSPS) is 14.9. The fourth-order valence-electron chi connectivity index (χ4n) is 3.64. The van der Waals surface area contributed by atoms with E-state index in [1.165, 1.54) is 6.07 Å². The lowest BCUT2D eigenvalue weighted by molar-refractivity contribution is -0.137. The number of hydrogen-bond donors (Lipinski definition) is 0. The topological polar surface area (TPSA) is 59.2 Å². The number of hydrogen-bond acceptors (Lipinski definition) is 4. The Morgan fingerprint density at radius 3 is 2.59 bits per heavy atom. The Morgan fingerprint density at radius 2 is 1.94 bits per heavy atom. The van der Waals surface area contributed by atoms with Crippen LogP contribution in [0.4, 0.5) is 13.2 Å². The van der Waals surface area contributed by atoms with Gasteiger partial charge in [-0.15, -0.1) is 0 Å². The highest BCUT2D eigenvalue weighted by atomic mass is 35.5. The molecule has 1 heterocycles. The summed E-state index contributed by atoms with van der Waals surface area (Å²) in [4.78, 5) is 19.0. The van der Waals surface area contributed by atoms with E-state index >= 15 is 0 Å². The van der Waals surface area contributed by atoms with Crippen molar-refractivity contribution in [2.45, 2.75) is 50.9 Å². The largest absolute Gasteiger partial charge is 0.416 e. The van der Waals surface area contributed by atoms with Gasteiger partial charge in [0, 0.05) is 29.5 Å². The van der Waals surface area contributed by atoms with Crippen molar-refractivity contribution >= 4 is 17.5 Å². The molecular weight excluding hydrogens is 443 g/mol. The van der Waals surface area contributed by atoms with Gasteiger partial charge < -0.3 is 9.42 Å². The van der Waals surface area contributed by atoms with Gasteiger partial charge in [0.2, 0.25) is 17.6 Å². The number of carbonyl (C=O) groups is 1. The zero-order valence-corrected chi connectivity index (χ0v) is 18.0. The molecule has 168 valence electrons. The molecule has 1 aliphatic rings. The summed E-state index contributed by atoms with van der Waals surface area (Å²) in [6.45, 7) is 1.76. The Kier molecular flexibility index (Phi) is 6.24. The quantitative estimate of drug-likeness (QED) is 0.425. The van der Waals surface area contributed by atoms with Gasteiger partial charge in [0.1, 0.15) is 0 Å². The molecule has 2 aromatic carbocycles. The van der Waals surface area contributed by atoms with Gasteiger partial charge in [-0.1, -0.05) is 28.9 Å². The van der Waals surface area contributed by atoms with Gasteiger partial charge >= 0.3 is 6.18 Å². The van der Waals surface area contributed by atoms with Crippen LogP contribution in [0.5, 0.6) is 0 Å². The smallest absolute Gasteiger partial charge is 0.339 e. The average molecular weight is 464 g/mol. The fraction of sp³-hybridized carbons (Fsp3) is 0.348. The minimum atomic E-state index is -4.43. The fourth-order valence-corrected chi connectivity index (χ4v) is 3.77. The zero-order valence-electron chi connectivity index (χ0n) is 17.3. The lowest BCUT2D eigenvalue weighted by Crippen LogP contribution is -2.35. The third kappa shape index (κ3) is 5.12. The van der Waals surface area contributed by atoms with Crippen LogP contribution >= 0.6 is 11.6 Å². The highest BCUT2D eigenvalue weighted by Crippen LogP contribution is 2.37. The maximum atomic E-state index is 13.1. The molecule has 0 saturated heterocycles. The SMILES string of the molecule is CC(c1cccc(C(F)(F)F)c1)N(C(=O)CCc1nc(-c2ccc(Cl)cc2)no1)C1CC1. The average Bonchev–Trinajstić information content (AvgIpc) is 3.48. The Balaban J connectivity index is 1.44. The van der Waals surface area contributed by atoms with E-state index in [2.05, 4.69) is 10.1 Å². The maximum Gasteiger partial charge on any atom is 0.416 e. The Morgan fingerprint density at radius 1 is 1.22 bits per heavy atom. The van der Waals surface area contributed by atoms with E-state index in [9.17, 15) is 18.0 Å². The molecule has 4 rings (SSSR count). The minimum absolute atomic E-state index is 0.0411. The van der Waals surface area contributed by atoms with Gasteiger partial charge in [-0.05, 0) is 61.7 Å². The lowest BCUT2D eigenvalue weighted by Gasteiger charge is -2.30. The maximum absolute atomic E-state index is 13.1. The molecule has 0 aliphatic heterocycles. The molecule has 32 heavy (non-hydrogen) atoms. The summed E-state index contributed by atoms with van der Waals surface area (Å²) < 4.78 is 44.6. The van der Waals surface area contributed by atoms with Crippen LogP contribution in [0.1, 0.15) is 49.2 Å². The van der Waals surface area contributed by atoms with Crippen LogP contribution in [-0.2, 0) is 17.4 Å². The highest BCUT2D eigenvalue weighted by Gasteiger charge is 2.37. The van der Waals surface area contributed by atoms with Crippen molar-refractivity contribution in [1.82, 2.24) is 15.0 Å². The number of alkyl halides is 3. The summed E-state index contributed by atoms with van der Waals surface area (Å²) in [7, 11) is 0. The van der Waals surface area contributed by atoms with Crippen LogP contribution in [-0.4, -0.2) is 27.0 Å². The number of benzene rings is 2. The number of amides is 1. The minimum Gasteiger partial charge on any atom is -0.339 e. The van der Waals surface area contributed by atoms with E-state index in [4.69, 9.17) is 16.1 Å². The Hall–Kier alpha value is -2.87. The van der Waals surface area contributed by atoms with Crippen LogP contribution < -0.4 is 0 Å². The van der Waals surface area contributed by atoms with E-state index in [-0.39, 0.29) is 24.8 Å². The van der Waals surface area contributed by atoms with E-state index < -0.39 is 17.8 Å². The van der Waals surface area contributed by atoms with Gasteiger partial charge in [0.25, 0.3) is 0 Å². The summed E-state index contributed by atoms with van der Waals surface area (Å²) in [6, 6.07) is 11.7. The number of carbonyl (C=O) groups excluding carboxylic acids is 1. The second kappa shape index (κ2) is 8.94. The molecule has 1 atom stereocenters. The zero-order chi connectivity index (χ0) is 22.9. The third-order valence-electron chi connectivity index (χ3n) is 5.47. The van der Waals surface area contributed by atoms with Crippen LogP contribution in [0.15, 0.2) is 53.1 Å². The summed E-state index contributed by atoms with van der Waals surface area (Å²) in [5, 5.41) is 4.54. The number of nitrogens with zero attached hydrogens (tertiary/aromatic N) is 3. The highest BCUT2D eigenvalue weighted by molar-refractivity contribution is 6.30. The van der Waals surface area contributed by atoms with Crippen LogP contribution in [0.2, 0.25) is 5.02 Å². The number of halogens is 4. The van der Waals surface area contributed by atoms with Crippen molar-refractivity contribution in [3.8, 4) is 11.4 Å². The molecule has 0 radical (unpaired) electrons. The molecule has 9 heteroatoms. The number of aromatic nitrogens is 2.